The number of nitrogens with one attached hydrogen (secondary N) is 2. The molecule has 2 N–H and O–H groups in total. The number of hydrogen-bond donors (Lipinski definition) is 2. The van der Waals surface area contributed by atoms with Crippen molar-refractivity contribution < 1.29 is 17.6 Å². The van der Waals surface area contributed by atoms with Crippen molar-refractivity contribution in [3.63, 3.8) is 0 Å². The van der Waals surface area contributed by atoms with Crippen LogP contribution in [0.3, 0.4) is 0 Å². The van der Waals surface area contributed by atoms with Crippen LogP contribution in [0.25, 0.3) is 11.0 Å². The molecule has 10 nitrogen and oxygen atoms in total. The number of ether oxygens (including phenoxy) is 1. The van der Waals surface area contributed by atoms with Gasteiger partial charge in [0.15, 0.2) is 0 Å². The Labute approximate surface area is 154 Å². The number of aromatic amines is 2. The minimum absolute atomic E-state index is 0.0732. The highest BCUT2D eigenvalue weighted by Gasteiger charge is 2.34. The highest BCUT2D eigenvalue weighted by atomic mass is 32.2. The number of H-pyrrole nitrogens is 2. The molecule has 1 atom stereocenters. The van der Waals surface area contributed by atoms with Crippen LogP contribution in [-0.2, 0) is 14.8 Å². The number of aromatic nitrogens is 4. The van der Waals surface area contributed by atoms with Crippen molar-refractivity contribution in [2.75, 3.05) is 19.7 Å². The van der Waals surface area contributed by atoms with Crippen LogP contribution in [0.2, 0.25) is 0 Å². The van der Waals surface area contributed by atoms with Crippen LogP contribution in [0.1, 0.15) is 37.7 Å². The molecule has 0 spiro atoms. The molecular weight excluding hydrogens is 374 g/mol. The van der Waals surface area contributed by atoms with E-state index in [1.807, 2.05) is 13.8 Å². The first-order valence-corrected chi connectivity index (χ1v) is 9.95. The molecule has 1 saturated heterocycles. The Hall–Kier alpha value is -2.50. The summed E-state index contributed by atoms with van der Waals surface area (Å²) in [5, 5.41) is 7.96. The van der Waals surface area contributed by atoms with Crippen molar-refractivity contribution in [1.29, 1.82) is 0 Å². The van der Waals surface area contributed by atoms with Crippen LogP contribution < -0.4 is 5.69 Å². The summed E-state index contributed by atoms with van der Waals surface area (Å²) >= 11 is 0. The molecule has 0 amide bonds. The van der Waals surface area contributed by atoms with Gasteiger partial charge in [0.2, 0.25) is 21.8 Å². The average Bonchev–Trinajstić information content (AvgIpc) is 3.27. The first-order valence-electron chi connectivity index (χ1n) is 8.51. The third kappa shape index (κ3) is 3.29. The zero-order valence-corrected chi connectivity index (χ0v) is 15.6. The number of morpholine rings is 1. The minimum atomic E-state index is -3.77. The molecule has 1 aromatic carbocycles. The van der Waals surface area contributed by atoms with Gasteiger partial charge in [-0.05, 0) is 18.2 Å². The van der Waals surface area contributed by atoms with Gasteiger partial charge in [0.1, 0.15) is 6.10 Å². The highest BCUT2D eigenvalue weighted by molar-refractivity contribution is 7.89. The maximum atomic E-state index is 13.0. The lowest BCUT2D eigenvalue weighted by Gasteiger charge is -2.30. The summed E-state index contributed by atoms with van der Waals surface area (Å²) in [4.78, 5) is 16.6. The van der Waals surface area contributed by atoms with Crippen molar-refractivity contribution in [2.24, 2.45) is 0 Å². The van der Waals surface area contributed by atoms with E-state index in [0.717, 1.165) is 0 Å². The van der Waals surface area contributed by atoms with Crippen LogP contribution in [0.5, 0.6) is 0 Å². The quantitative estimate of drug-likeness (QED) is 0.678. The second kappa shape index (κ2) is 6.59. The summed E-state index contributed by atoms with van der Waals surface area (Å²) < 4.78 is 38.6. The van der Waals surface area contributed by atoms with E-state index in [2.05, 4.69) is 20.2 Å². The maximum absolute atomic E-state index is 13.0. The standard InChI is InChI=1S/C16H19N5O5S/c1-9(2)14-19-20-15(26-14)13-8-21(5-6-25-13)27(23,24)10-3-4-11-12(7-10)18-16(22)17-11/h3-4,7,9,13H,5-6,8H2,1-2H3,(H2,17,18,22)/t13-/m1/s1. The van der Waals surface area contributed by atoms with E-state index >= 15 is 0 Å². The number of fused-ring (bicyclic) bond motifs is 1. The molecule has 1 aliphatic rings. The van der Waals surface area contributed by atoms with E-state index in [-0.39, 0.29) is 42.1 Å². The molecular formula is C16H19N5O5S. The van der Waals surface area contributed by atoms with Gasteiger partial charge >= 0.3 is 5.69 Å². The summed E-state index contributed by atoms with van der Waals surface area (Å²) in [6.45, 7) is 4.36. The second-order valence-corrected chi connectivity index (χ2v) is 8.58. The molecule has 27 heavy (non-hydrogen) atoms. The Kier molecular flexibility index (Phi) is 4.36. The Morgan fingerprint density at radius 2 is 2.00 bits per heavy atom. The van der Waals surface area contributed by atoms with Crippen molar-refractivity contribution in [3.05, 3.63) is 40.5 Å². The zero-order valence-electron chi connectivity index (χ0n) is 14.8. The lowest BCUT2D eigenvalue weighted by Crippen LogP contribution is -2.42. The number of imidazole rings is 1. The van der Waals surface area contributed by atoms with Gasteiger partial charge in [0.05, 0.1) is 22.5 Å². The third-order valence-electron chi connectivity index (χ3n) is 4.38. The fourth-order valence-electron chi connectivity index (χ4n) is 2.92. The van der Waals surface area contributed by atoms with Crippen molar-refractivity contribution >= 4 is 21.1 Å². The van der Waals surface area contributed by atoms with E-state index < -0.39 is 16.1 Å². The number of rotatable bonds is 4. The first-order chi connectivity index (χ1) is 12.8. The normalized spacial score (nSPS) is 19.1. The third-order valence-corrected chi connectivity index (χ3v) is 6.24. The molecule has 144 valence electrons. The Balaban J connectivity index is 1.61. The SMILES string of the molecule is CC(C)c1nnc([C@H]2CN(S(=O)(=O)c3ccc4[nH]c(=O)[nH]c4c3)CCO2)o1. The summed E-state index contributed by atoms with van der Waals surface area (Å²) in [7, 11) is -3.77. The summed E-state index contributed by atoms with van der Waals surface area (Å²) in [6, 6.07) is 4.47. The van der Waals surface area contributed by atoms with Gasteiger partial charge in [-0.1, -0.05) is 13.8 Å². The molecule has 1 fully saturated rings. The van der Waals surface area contributed by atoms with E-state index in [9.17, 15) is 13.2 Å². The fourth-order valence-corrected chi connectivity index (χ4v) is 4.38. The molecule has 2 aromatic heterocycles. The topological polar surface area (TPSA) is 134 Å². The molecule has 3 aromatic rings. The molecule has 11 heteroatoms. The number of benzene rings is 1. The molecule has 0 saturated carbocycles. The summed E-state index contributed by atoms with van der Waals surface area (Å²) in [5.74, 6) is 0.823. The minimum Gasteiger partial charge on any atom is -0.422 e. The van der Waals surface area contributed by atoms with E-state index in [4.69, 9.17) is 9.15 Å². The Morgan fingerprint density at radius 3 is 2.74 bits per heavy atom. The van der Waals surface area contributed by atoms with Gasteiger partial charge in [0.25, 0.3) is 0 Å². The van der Waals surface area contributed by atoms with Gasteiger partial charge in [-0.25, -0.2) is 13.2 Å². The monoisotopic (exact) mass is 393 g/mol. The molecule has 0 aliphatic carbocycles. The fraction of sp³-hybridized carbons (Fsp3) is 0.438. The molecule has 0 bridgehead atoms. The molecule has 1 aliphatic heterocycles. The van der Waals surface area contributed by atoms with Gasteiger partial charge in [-0.15, -0.1) is 10.2 Å². The van der Waals surface area contributed by atoms with Crippen LogP contribution in [0.4, 0.5) is 0 Å². The number of sulfonamides is 1. The van der Waals surface area contributed by atoms with Crippen molar-refractivity contribution in [1.82, 2.24) is 24.5 Å². The molecule has 3 heterocycles. The summed E-state index contributed by atoms with van der Waals surface area (Å²) in [6.07, 6.45) is -0.621. The number of nitrogens with zero attached hydrogens (tertiary/aromatic N) is 3. The molecule has 4 rings (SSSR count). The lowest BCUT2D eigenvalue weighted by molar-refractivity contribution is -0.0179. The van der Waals surface area contributed by atoms with Gasteiger partial charge < -0.3 is 19.1 Å². The average molecular weight is 393 g/mol. The predicted octanol–water partition coefficient (Wildman–Crippen LogP) is 1.12. The Bertz CT molecular complexity index is 1130. The van der Waals surface area contributed by atoms with E-state index in [1.54, 1.807) is 6.07 Å². The lowest BCUT2D eigenvalue weighted by atomic mass is 10.2. The van der Waals surface area contributed by atoms with E-state index in [0.29, 0.717) is 16.9 Å². The van der Waals surface area contributed by atoms with Crippen LogP contribution >= 0.6 is 0 Å². The van der Waals surface area contributed by atoms with Crippen LogP contribution in [0, 0.1) is 0 Å². The van der Waals surface area contributed by atoms with Gasteiger partial charge in [-0.2, -0.15) is 4.31 Å². The highest BCUT2D eigenvalue weighted by Crippen LogP contribution is 2.27. The maximum Gasteiger partial charge on any atom is 0.323 e. The molecule has 0 radical (unpaired) electrons. The first kappa shape index (κ1) is 17.9. The van der Waals surface area contributed by atoms with Crippen LogP contribution in [-0.4, -0.2) is 52.6 Å². The second-order valence-electron chi connectivity index (χ2n) is 6.64. The summed E-state index contributed by atoms with van der Waals surface area (Å²) in [5.41, 5.74) is 0.596. The predicted molar refractivity (Wildman–Crippen MR) is 94.8 cm³/mol. The van der Waals surface area contributed by atoms with Gasteiger partial charge in [0, 0.05) is 19.0 Å². The van der Waals surface area contributed by atoms with E-state index in [1.165, 1.54) is 16.4 Å². The number of hydrogen-bond acceptors (Lipinski definition) is 7. The largest absolute Gasteiger partial charge is 0.422 e. The Morgan fingerprint density at radius 1 is 1.22 bits per heavy atom. The van der Waals surface area contributed by atoms with Crippen molar-refractivity contribution in [3.8, 4) is 0 Å². The van der Waals surface area contributed by atoms with Gasteiger partial charge in [-0.3, -0.25) is 0 Å². The smallest absolute Gasteiger partial charge is 0.323 e. The molecule has 0 unspecified atom stereocenters. The zero-order chi connectivity index (χ0) is 19.2. The van der Waals surface area contributed by atoms with Crippen molar-refractivity contribution in [2.45, 2.75) is 30.8 Å². The van der Waals surface area contributed by atoms with Crippen LogP contribution in [0.15, 0.2) is 32.3 Å².